The van der Waals surface area contributed by atoms with E-state index in [0.29, 0.717) is 17.8 Å². The molecule has 28 heavy (non-hydrogen) atoms. The summed E-state index contributed by atoms with van der Waals surface area (Å²) in [6, 6.07) is 10.3. The Bertz CT molecular complexity index is 1040. The van der Waals surface area contributed by atoms with Crippen molar-refractivity contribution in [1.29, 1.82) is 0 Å². The zero-order valence-corrected chi connectivity index (χ0v) is 15.2. The molecule has 0 aliphatic rings. The highest BCUT2D eigenvalue weighted by molar-refractivity contribution is 6.08. The second kappa shape index (κ2) is 8.34. The molecule has 0 unspecified atom stereocenters. The molecule has 8 nitrogen and oxygen atoms in total. The highest BCUT2D eigenvalue weighted by Crippen LogP contribution is 2.28. The van der Waals surface area contributed by atoms with E-state index in [4.69, 9.17) is 9.84 Å². The second-order valence-electron chi connectivity index (χ2n) is 6.04. The molecule has 8 heteroatoms. The highest BCUT2D eigenvalue weighted by atomic mass is 16.5. The first-order chi connectivity index (χ1) is 13.5. The number of phenolic OH excluding ortho intramolecular Hbond substituents is 1. The molecule has 0 bridgehead atoms. The molecule has 0 saturated heterocycles. The summed E-state index contributed by atoms with van der Waals surface area (Å²) in [5.41, 5.74) is 1.85. The number of phenols is 1. The lowest BCUT2D eigenvalue weighted by Crippen LogP contribution is -2.29. The number of carboxylic acid groups (broad SMARTS) is 1. The number of amides is 1. The Hall–Kier alpha value is -3.68. The van der Waals surface area contributed by atoms with Crippen LogP contribution < -0.4 is 10.1 Å². The number of aliphatic carboxylic acids is 1. The molecule has 0 atom stereocenters. The third-order valence-electron chi connectivity index (χ3n) is 3.92. The first kappa shape index (κ1) is 19.1. The van der Waals surface area contributed by atoms with Crippen molar-refractivity contribution >= 4 is 22.9 Å². The van der Waals surface area contributed by atoms with E-state index in [-0.39, 0.29) is 16.8 Å². The lowest BCUT2D eigenvalue weighted by Gasteiger charge is -2.10. The van der Waals surface area contributed by atoms with Gasteiger partial charge >= 0.3 is 5.97 Å². The minimum Gasteiger partial charge on any atom is -0.507 e. The van der Waals surface area contributed by atoms with Crippen LogP contribution in [0.25, 0.3) is 22.3 Å². The third kappa shape index (κ3) is 4.17. The fourth-order valence-electron chi connectivity index (χ4n) is 2.65. The molecule has 0 spiro atoms. The summed E-state index contributed by atoms with van der Waals surface area (Å²) in [6.45, 7) is 2.07. The number of nitrogens with one attached hydrogen (secondary N) is 1. The van der Waals surface area contributed by atoms with E-state index in [1.165, 1.54) is 12.3 Å². The van der Waals surface area contributed by atoms with E-state index in [2.05, 4.69) is 15.3 Å². The van der Waals surface area contributed by atoms with E-state index >= 15 is 0 Å². The number of nitrogens with zero attached hydrogens (tertiary/aromatic N) is 2. The number of benzene rings is 2. The Morgan fingerprint density at radius 2 is 2.04 bits per heavy atom. The number of carboxylic acids is 1. The maximum Gasteiger partial charge on any atom is 0.322 e. The Labute approximate surface area is 160 Å². The molecule has 3 N–H and O–H groups in total. The van der Waals surface area contributed by atoms with Gasteiger partial charge in [0.1, 0.15) is 29.1 Å². The Morgan fingerprint density at radius 3 is 2.79 bits per heavy atom. The summed E-state index contributed by atoms with van der Waals surface area (Å²) in [5.74, 6) is -1.50. The van der Waals surface area contributed by atoms with Gasteiger partial charge in [0.25, 0.3) is 5.91 Å². The molecule has 0 radical (unpaired) electrons. The fraction of sp³-hybridized carbons (Fsp3) is 0.200. The maximum atomic E-state index is 12.3. The maximum absolute atomic E-state index is 12.3. The van der Waals surface area contributed by atoms with Crippen LogP contribution in [0.15, 0.2) is 42.6 Å². The lowest BCUT2D eigenvalue weighted by molar-refractivity contribution is -0.135. The van der Waals surface area contributed by atoms with Gasteiger partial charge in [0.2, 0.25) is 0 Å². The summed E-state index contributed by atoms with van der Waals surface area (Å²) in [6.07, 6.45) is 2.39. The zero-order valence-electron chi connectivity index (χ0n) is 15.2. The minimum absolute atomic E-state index is 0.113. The quantitative estimate of drug-likeness (QED) is 0.575. The Morgan fingerprint density at radius 1 is 1.21 bits per heavy atom. The van der Waals surface area contributed by atoms with Gasteiger partial charge in [-0.2, -0.15) is 0 Å². The molecule has 3 aromatic rings. The first-order valence-corrected chi connectivity index (χ1v) is 8.71. The number of fused-ring (bicyclic) bond motifs is 1. The molecule has 2 aromatic carbocycles. The predicted octanol–water partition coefficient (Wildman–Crippen LogP) is 2.61. The van der Waals surface area contributed by atoms with Crippen LogP contribution >= 0.6 is 0 Å². The molecular formula is C20H19N3O5. The molecule has 0 aliphatic heterocycles. The largest absolute Gasteiger partial charge is 0.507 e. The fourth-order valence-corrected chi connectivity index (χ4v) is 2.65. The van der Waals surface area contributed by atoms with Crippen LogP contribution in [0.2, 0.25) is 0 Å². The van der Waals surface area contributed by atoms with Crippen LogP contribution in [0.5, 0.6) is 11.5 Å². The average Bonchev–Trinajstić information content (AvgIpc) is 2.70. The molecule has 1 aromatic heterocycles. The predicted molar refractivity (Wildman–Crippen MR) is 102 cm³/mol. The number of aromatic nitrogens is 2. The monoisotopic (exact) mass is 381 g/mol. The molecular weight excluding hydrogens is 362 g/mol. The van der Waals surface area contributed by atoms with E-state index in [1.54, 1.807) is 6.07 Å². The molecule has 3 rings (SSSR count). The van der Waals surface area contributed by atoms with Crippen molar-refractivity contribution in [2.24, 2.45) is 0 Å². The van der Waals surface area contributed by atoms with Gasteiger partial charge in [-0.05, 0) is 30.7 Å². The second-order valence-corrected chi connectivity index (χ2v) is 6.04. The van der Waals surface area contributed by atoms with Crippen LogP contribution in [0.4, 0.5) is 0 Å². The summed E-state index contributed by atoms with van der Waals surface area (Å²) >= 11 is 0. The number of hydrogen-bond acceptors (Lipinski definition) is 6. The first-order valence-electron chi connectivity index (χ1n) is 8.71. The Balaban J connectivity index is 1.98. The number of hydrogen-bond donors (Lipinski definition) is 3. The molecule has 0 aliphatic carbocycles. The summed E-state index contributed by atoms with van der Waals surface area (Å²) in [4.78, 5) is 31.7. The number of ether oxygens (including phenoxy) is 1. The minimum atomic E-state index is -1.19. The molecule has 1 heterocycles. The van der Waals surface area contributed by atoms with Crippen molar-refractivity contribution in [2.75, 3.05) is 13.2 Å². The zero-order chi connectivity index (χ0) is 20.1. The van der Waals surface area contributed by atoms with Gasteiger partial charge in [0.05, 0.1) is 24.0 Å². The summed E-state index contributed by atoms with van der Waals surface area (Å²) in [7, 11) is 0. The summed E-state index contributed by atoms with van der Waals surface area (Å²) < 4.78 is 5.64. The number of rotatable bonds is 7. The van der Waals surface area contributed by atoms with Gasteiger partial charge in [0, 0.05) is 5.56 Å². The van der Waals surface area contributed by atoms with Crippen molar-refractivity contribution in [3.63, 3.8) is 0 Å². The van der Waals surface area contributed by atoms with Gasteiger partial charge in [-0.25, -0.2) is 4.98 Å². The smallest absolute Gasteiger partial charge is 0.322 e. The van der Waals surface area contributed by atoms with Gasteiger partial charge < -0.3 is 20.3 Å². The standard InChI is InChI=1S/C20H19N3O5/c1-2-8-28-13-5-3-4-12(9-13)15-10-21-19-14(23-15)6-7-16(24)18(19)20(27)22-11-17(25)26/h3-7,9-10,24H,2,8,11H2,1H3,(H,22,27)(H,25,26). The SMILES string of the molecule is CCCOc1cccc(-c2cnc3c(C(=O)NCC(=O)O)c(O)ccc3n2)c1. The van der Waals surface area contributed by atoms with Gasteiger partial charge in [-0.3, -0.25) is 14.6 Å². The van der Waals surface area contributed by atoms with Gasteiger partial charge in [-0.15, -0.1) is 0 Å². The highest BCUT2D eigenvalue weighted by Gasteiger charge is 2.18. The Kier molecular flexibility index (Phi) is 5.69. The molecule has 0 saturated carbocycles. The normalized spacial score (nSPS) is 10.6. The van der Waals surface area contributed by atoms with E-state index in [1.807, 2.05) is 31.2 Å². The van der Waals surface area contributed by atoms with Crippen molar-refractivity contribution in [3.8, 4) is 22.8 Å². The van der Waals surface area contributed by atoms with Crippen LogP contribution in [-0.4, -0.2) is 45.2 Å². The van der Waals surface area contributed by atoms with Crippen molar-refractivity contribution in [3.05, 3.63) is 48.2 Å². The lowest BCUT2D eigenvalue weighted by atomic mass is 10.1. The van der Waals surface area contributed by atoms with Crippen LogP contribution in [-0.2, 0) is 4.79 Å². The molecule has 0 fully saturated rings. The number of carbonyl (C=O) groups is 2. The van der Waals surface area contributed by atoms with Crippen molar-refractivity contribution in [2.45, 2.75) is 13.3 Å². The van der Waals surface area contributed by atoms with Gasteiger partial charge in [-0.1, -0.05) is 19.1 Å². The van der Waals surface area contributed by atoms with Crippen LogP contribution in [0.1, 0.15) is 23.7 Å². The van der Waals surface area contributed by atoms with Crippen molar-refractivity contribution in [1.82, 2.24) is 15.3 Å². The molecule has 1 amide bonds. The molecule has 144 valence electrons. The van der Waals surface area contributed by atoms with Gasteiger partial charge in [0.15, 0.2) is 0 Å². The summed E-state index contributed by atoms with van der Waals surface area (Å²) in [5, 5.41) is 21.0. The topological polar surface area (TPSA) is 122 Å². The number of aromatic hydroxyl groups is 1. The van der Waals surface area contributed by atoms with E-state index in [9.17, 15) is 14.7 Å². The van der Waals surface area contributed by atoms with Crippen molar-refractivity contribution < 1.29 is 24.5 Å². The van der Waals surface area contributed by atoms with E-state index in [0.717, 1.165) is 17.7 Å². The third-order valence-corrected chi connectivity index (χ3v) is 3.92. The average molecular weight is 381 g/mol. The number of carbonyl (C=O) groups excluding carboxylic acids is 1. The van der Waals surface area contributed by atoms with E-state index < -0.39 is 18.4 Å². The van der Waals surface area contributed by atoms with Crippen LogP contribution in [0, 0.1) is 0 Å². The van der Waals surface area contributed by atoms with Crippen LogP contribution in [0.3, 0.4) is 0 Å².